The number of nitrogens with one attached hydrogen (secondary N) is 1. The van der Waals surface area contributed by atoms with E-state index in [9.17, 15) is 9.59 Å². The molecule has 1 N–H and O–H groups in total. The van der Waals surface area contributed by atoms with Gasteiger partial charge in [-0.1, -0.05) is 5.57 Å². The number of rotatable bonds is 0. The molecule has 2 unspecified atom stereocenters. The molecule has 1 heterocycles. The van der Waals surface area contributed by atoms with Gasteiger partial charge in [-0.05, 0) is 37.5 Å². The van der Waals surface area contributed by atoms with Gasteiger partial charge in [0.2, 0.25) is 5.91 Å². The normalized spacial score (nSPS) is 40.9. The van der Waals surface area contributed by atoms with Crippen molar-refractivity contribution in [2.24, 2.45) is 11.8 Å². The second-order valence-corrected chi connectivity index (χ2v) is 4.64. The van der Waals surface area contributed by atoms with Crippen molar-refractivity contribution in [2.45, 2.75) is 32.1 Å². The molecule has 0 aromatic carbocycles. The van der Waals surface area contributed by atoms with Crippen molar-refractivity contribution in [2.75, 3.05) is 0 Å². The molecule has 3 fully saturated rings. The Bertz CT molecular complexity index is 356. The molecular formula is C11H13NO2. The molecule has 0 spiro atoms. The minimum absolute atomic E-state index is 0.125. The first-order valence-electron chi connectivity index (χ1n) is 5.30. The van der Waals surface area contributed by atoms with Gasteiger partial charge in [-0.15, -0.1) is 0 Å². The van der Waals surface area contributed by atoms with Crippen LogP contribution in [0.4, 0.5) is 0 Å². The van der Waals surface area contributed by atoms with E-state index in [1.807, 2.05) is 0 Å². The van der Waals surface area contributed by atoms with Gasteiger partial charge in [0.15, 0.2) is 0 Å². The maximum Gasteiger partial charge on any atom is 0.254 e. The third-order valence-electron chi connectivity index (χ3n) is 3.79. The van der Waals surface area contributed by atoms with Gasteiger partial charge in [0, 0.05) is 5.57 Å². The van der Waals surface area contributed by atoms with Gasteiger partial charge in [-0.25, -0.2) is 0 Å². The van der Waals surface area contributed by atoms with E-state index in [0.29, 0.717) is 12.3 Å². The van der Waals surface area contributed by atoms with Crippen LogP contribution >= 0.6 is 0 Å². The van der Waals surface area contributed by atoms with Crippen molar-refractivity contribution in [1.29, 1.82) is 0 Å². The molecule has 3 rings (SSSR count). The lowest BCUT2D eigenvalue weighted by Crippen LogP contribution is -2.20. The molecule has 2 atom stereocenters. The minimum Gasteiger partial charge on any atom is -0.292 e. The largest absolute Gasteiger partial charge is 0.292 e. The van der Waals surface area contributed by atoms with Crippen LogP contribution in [-0.4, -0.2) is 11.8 Å². The number of hydrogen-bond donors (Lipinski definition) is 1. The Hall–Kier alpha value is -1.12. The Morgan fingerprint density at radius 2 is 2.07 bits per heavy atom. The van der Waals surface area contributed by atoms with Crippen molar-refractivity contribution in [3.8, 4) is 0 Å². The average molecular weight is 191 g/mol. The highest BCUT2D eigenvalue weighted by Crippen LogP contribution is 2.49. The van der Waals surface area contributed by atoms with Gasteiger partial charge in [0.05, 0.1) is 6.42 Å². The summed E-state index contributed by atoms with van der Waals surface area (Å²) in [5, 5.41) is 2.37. The van der Waals surface area contributed by atoms with E-state index >= 15 is 0 Å². The number of imide groups is 1. The highest BCUT2D eigenvalue weighted by Gasteiger charge is 2.40. The van der Waals surface area contributed by atoms with E-state index in [2.05, 4.69) is 5.32 Å². The number of allylic oxidation sites excluding steroid dienone is 1. The smallest absolute Gasteiger partial charge is 0.254 e. The number of hydrogen-bond acceptors (Lipinski definition) is 2. The molecular weight excluding hydrogens is 178 g/mol. The van der Waals surface area contributed by atoms with Crippen LogP contribution in [-0.2, 0) is 9.59 Å². The minimum atomic E-state index is -0.127. The fourth-order valence-corrected chi connectivity index (χ4v) is 3.17. The summed E-state index contributed by atoms with van der Waals surface area (Å²) in [6, 6.07) is 0. The van der Waals surface area contributed by atoms with Crippen LogP contribution in [0.2, 0.25) is 0 Å². The molecule has 2 aliphatic carbocycles. The number of fused-ring (bicyclic) bond motifs is 2. The zero-order chi connectivity index (χ0) is 9.71. The van der Waals surface area contributed by atoms with Crippen molar-refractivity contribution in [3.05, 3.63) is 11.1 Å². The predicted octanol–water partition coefficient (Wildman–Crippen LogP) is 1.15. The fraction of sp³-hybridized carbons (Fsp3) is 0.636. The predicted molar refractivity (Wildman–Crippen MR) is 50.2 cm³/mol. The Morgan fingerprint density at radius 3 is 2.57 bits per heavy atom. The fourth-order valence-electron chi connectivity index (χ4n) is 3.17. The van der Waals surface area contributed by atoms with Crippen molar-refractivity contribution >= 4 is 11.8 Å². The summed E-state index contributed by atoms with van der Waals surface area (Å²) in [5.74, 6) is 1.16. The third kappa shape index (κ3) is 1.04. The Kier molecular flexibility index (Phi) is 1.58. The van der Waals surface area contributed by atoms with Crippen LogP contribution in [0.5, 0.6) is 0 Å². The highest BCUT2D eigenvalue weighted by molar-refractivity contribution is 6.13. The summed E-state index contributed by atoms with van der Waals surface area (Å²) in [7, 11) is 0. The van der Waals surface area contributed by atoms with Crippen LogP contribution in [0.25, 0.3) is 0 Å². The number of amides is 2. The molecule has 74 valence electrons. The van der Waals surface area contributed by atoms with Crippen LogP contribution in [0, 0.1) is 11.8 Å². The number of carbonyl (C=O) groups excluding carboxylic acids is 2. The van der Waals surface area contributed by atoms with Crippen LogP contribution in [0.3, 0.4) is 0 Å². The van der Waals surface area contributed by atoms with Gasteiger partial charge in [0.1, 0.15) is 0 Å². The van der Waals surface area contributed by atoms with Gasteiger partial charge in [-0.2, -0.15) is 0 Å². The highest BCUT2D eigenvalue weighted by atomic mass is 16.2. The standard InChI is InChI=1S/C11H13NO2/c13-10-5-9(11(14)12-10)8-4-6-1-2-7(8)3-6/h6-7H,1-5H2,(H,12,13,14). The Morgan fingerprint density at radius 1 is 1.21 bits per heavy atom. The summed E-state index contributed by atoms with van der Waals surface area (Å²) in [5.41, 5.74) is 2.09. The lowest BCUT2D eigenvalue weighted by Gasteiger charge is -2.14. The lowest BCUT2D eigenvalue weighted by atomic mass is 9.90. The molecule has 14 heavy (non-hydrogen) atoms. The molecule has 0 aromatic rings. The second-order valence-electron chi connectivity index (χ2n) is 4.64. The molecule has 0 radical (unpaired) electrons. The molecule has 3 aliphatic rings. The van der Waals surface area contributed by atoms with E-state index in [-0.39, 0.29) is 11.8 Å². The average Bonchev–Trinajstić information content (AvgIpc) is 2.79. The monoisotopic (exact) mass is 191 g/mol. The van der Waals surface area contributed by atoms with Crippen LogP contribution in [0.15, 0.2) is 11.1 Å². The summed E-state index contributed by atoms with van der Waals surface area (Å²) in [6.07, 6.45) is 5.19. The quantitative estimate of drug-likeness (QED) is 0.461. The maximum absolute atomic E-state index is 11.5. The summed E-state index contributed by atoms with van der Waals surface area (Å²) in [6.45, 7) is 0. The molecule has 2 saturated carbocycles. The topological polar surface area (TPSA) is 46.2 Å². The molecule has 2 amide bonds. The Labute approximate surface area is 82.6 Å². The molecule has 1 saturated heterocycles. The zero-order valence-corrected chi connectivity index (χ0v) is 8.01. The molecule has 1 aliphatic heterocycles. The van der Waals surface area contributed by atoms with Crippen molar-refractivity contribution in [3.63, 3.8) is 0 Å². The zero-order valence-electron chi connectivity index (χ0n) is 8.01. The van der Waals surface area contributed by atoms with E-state index in [4.69, 9.17) is 0 Å². The first kappa shape index (κ1) is 8.21. The maximum atomic E-state index is 11.5. The van der Waals surface area contributed by atoms with Crippen LogP contribution < -0.4 is 5.32 Å². The third-order valence-corrected chi connectivity index (χ3v) is 3.79. The van der Waals surface area contributed by atoms with Gasteiger partial charge in [0.25, 0.3) is 5.91 Å². The SMILES string of the molecule is O=C1CC(=C2CC3CCC2C3)C(=O)N1. The van der Waals surface area contributed by atoms with E-state index < -0.39 is 0 Å². The first-order valence-corrected chi connectivity index (χ1v) is 5.30. The Balaban J connectivity index is 1.97. The molecule has 0 aromatic heterocycles. The van der Waals surface area contributed by atoms with E-state index in [1.165, 1.54) is 24.8 Å². The molecule has 2 bridgehead atoms. The van der Waals surface area contributed by atoms with E-state index in [1.54, 1.807) is 0 Å². The van der Waals surface area contributed by atoms with Gasteiger partial charge >= 0.3 is 0 Å². The second kappa shape index (κ2) is 2.69. The van der Waals surface area contributed by atoms with Crippen molar-refractivity contribution < 1.29 is 9.59 Å². The van der Waals surface area contributed by atoms with Gasteiger partial charge in [-0.3, -0.25) is 14.9 Å². The summed E-state index contributed by atoms with van der Waals surface area (Å²) >= 11 is 0. The lowest BCUT2D eigenvalue weighted by molar-refractivity contribution is -0.124. The van der Waals surface area contributed by atoms with Gasteiger partial charge < -0.3 is 0 Å². The number of carbonyl (C=O) groups is 2. The summed E-state index contributed by atoms with van der Waals surface area (Å²) in [4.78, 5) is 22.5. The van der Waals surface area contributed by atoms with Crippen molar-refractivity contribution in [1.82, 2.24) is 5.32 Å². The van der Waals surface area contributed by atoms with Crippen LogP contribution in [0.1, 0.15) is 32.1 Å². The first-order chi connectivity index (χ1) is 6.74. The molecule has 3 heteroatoms. The molecule has 3 nitrogen and oxygen atoms in total. The van der Waals surface area contributed by atoms with E-state index in [0.717, 1.165) is 17.9 Å². The summed E-state index contributed by atoms with van der Waals surface area (Å²) < 4.78 is 0.